The molecule has 0 amide bonds. The average Bonchev–Trinajstić information content (AvgIpc) is 2.39. The molecule has 2 rings (SSSR count). The molecule has 2 aromatic rings. The van der Waals surface area contributed by atoms with Crippen molar-refractivity contribution < 1.29 is 14.3 Å². The van der Waals surface area contributed by atoms with E-state index in [1.165, 1.54) is 12.1 Å². The van der Waals surface area contributed by atoms with Gasteiger partial charge in [-0.05, 0) is 49.1 Å². The number of carboxylic acids is 1. The van der Waals surface area contributed by atoms with Gasteiger partial charge in [0.25, 0.3) is 0 Å². The first kappa shape index (κ1) is 14.3. The summed E-state index contributed by atoms with van der Waals surface area (Å²) in [6.07, 6.45) is 0.294. The summed E-state index contributed by atoms with van der Waals surface area (Å²) in [4.78, 5) is 11.5. The summed E-state index contributed by atoms with van der Waals surface area (Å²) < 4.78 is 13.3. The quantitative estimate of drug-likeness (QED) is 0.917. The van der Waals surface area contributed by atoms with Crippen LogP contribution in [0.15, 0.2) is 42.5 Å². The molecule has 1 N–H and O–H groups in total. The zero-order valence-electron chi connectivity index (χ0n) is 11.6. The van der Waals surface area contributed by atoms with Crippen LogP contribution in [-0.4, -0.2) is 11.1 Å². The van der Waals surface area contributed by atoms with Crippen LogP contribution in [0.2, 0.25) is 0 Å². The summed E-state index contributed by atoms with van der Waals surface area (Å²) in [5.74, 6) is -1.88. The van der Waals surface area contributed by atoms with Gasteiger partial charge in [0.2, 0.25) is 0 Å². The van der Waals surface area contributed by atoms with Gasteiger partial charge >= 0.3 is 5.97 Å². The van der Waals surface area contributed by atoms with E-state index in [9.17, 15) is 14.3 Å². The Kier molecular flexibility index (Phi) is 4.18. The Labute approximate surface area is 117 Å². The molecule has 0 aromatic heterocycles. The van der Waals surface area contributed by atoms with Crippen molar-refractivity contribution in [1.29, 1.82) is 0 Å². The number of hydrogen-bond donors (Lipinski definition) is 1. The van der Waals surface area contributed by atoms with Crippen LogP contribution in [0.1, 0.15) is 28.2 Å². The summed E-state index contributed by atoms with van der Waals surface area (Å²) in [6.45, 7) is 3.79. The summed E-state index contributed by atoms with van der Waals surface area (Å²) in [5.41, 5.74) is 3.41. The molecule has 1 atom stereocenters. The van der Waals surface area contributed by atoms with Crippen LogP contribution in [0, 0.1) is 19.7 Å². The van der Waals surface area contributed by atoms with E-state index in [-0.39, 0.29) is 5.82 Å². The van der Waals surface area contributed by atoms with Gasteiger partial charge in [0.1, 0.15) is 5.82 Å². The molecule has 0 aliphatic carbocycles. The van der Waals surface area contributed by atoms with Crippen molar-refractivity contribution in [3.63, 3.8) is 0 Å². The Morgan fingerprint density at radius 2 is 1.95 bits per heavy atom. The molecule has 3 heteroatoms. The molecule has 2 nitrogen and oxygen atoms in total. The van der Waals surface area contributed by atoms with E-state index in [4.69, 9.17) is 0 Å². The second-order valence-electron chi connectivity index (χ2n) is 5.08. The molecule has 0 heterocycles. The van der Waals surface area contributed by atoms with Crippen LogP contribution >= 0.6 is 0 Å². The van der Waals surface area contributed by atoms with Crippen molar-refractivity contribution >= 4 is 5.97 Å². The molecule has 0 spiro atoms. The van der Waals surface area contributed by atoms with Crippen LogP contribution < -0.4 is 0 Å². The second kappa shape index (κ2) is 5.87. The minimum atomic E-state index is -0.890. The van der Waals surface area contributed by atoms with Gasteiger partial charge in [0.05, 0.1) is 5.92 Å². The van der Waals surface area contributed by atoms with Gasteiger partial charge in [-0.15, -0.1) is 0 Å². The molecule has 0 saturated carbocycles. The maximum Gasteiger partial charge on any atom is 0.311 e. The highest BCUT2D eigenvalue weighted by Gasteiger charge is 2.21. The predicted molar refractivity (Wildman–Crippen MR) is 76.4 cm³/mol. The molecule has 2 aromatic carbocycles. The zero-order chi connectivity index (χ0) is 14.7. The van der Waals surface area contributed by atoms with Crippen molar-refractivity contribution in [3.05, 3.63) is 70.5 Å². The highest BCUT2D eigenvalue weighted by Crippen LogP contribution is 2.24. The third kappa shape index (κ3) is 3.23. The molecular formula is C17H17FO2. The van der Waals surface area contributed by atoms with Crippen molar-refractivity contribution in [3.8, 4) is 0 Å². The van der Waals surface area contributed by atoms with Gasteiger partial charge in [-0.25, -0.2) is 4.39 Å². The van der Waals surface area contributed by atoms with Gasteiger partial charge < -0.3 is 5.11 Å². The zero-order valence-corrected chi connectivity index (χ0v) is 11.6. The molecule has 0 fully saturated rings. The normalized spacial score (nSPS) is 12.2. The minimum absolute atomic E-state index is 0.294. The monoisotopic (exact) mass is 272 g/mol. The fourth-order valence-corrected chi connectivity index (χ4v) is 2.31. The maximum atomic E-state index is 13.3. The molecule has 0 aliphatic heterocycles. The van der Waals surface area contributed by atoms with Gasteiger partial charge in [-0.2, -0.15) is 0 Å². The highest BCUT2D eigenvalue weighted by molar-refractivity contribution is 5.76. The van der Waals surface area contributed by atoms with E-state index in [1.807, 2.05) is 32.0 Å². The number of rotatable bonds is 4. The molecule has 20 heavy (non-hydrogen) atoms. The van der Waals surface area contributed by atoms with Crippen molar-refractivity contribution in [2.24, 2.45) is 0 Å². The first-order valence-electron chi connectivity index (χ1n) is 6.52. The second-order valence-corrected chi connectivity index (χ2v) is 5.08. The van der Waals surface area contributed by atoms with Gasteiger partial charge in [-0.1, -0.05) is 35.9 Å². The van der Waals surface area contributed by atoms with E-state index in [2.05, 4.69) is 0 Å². The Bertz CT molecular complexity index is 635. The van der Waals surface area contributed by atoms with Gasteiger partial charge in [0, 0.05) is 0 Å². The number of aliphatic carboxylic acids is 1. The Morgan fingerprint density at radius 3 is 2.60 bits per heavy atom. The number of benzene rings is 2. The smallest absolute Gasteiger partial charge is 0.311 e. The molecule has 1 unspecified atom stereocenters. The first-order chi connectivity index (χ1) is 9.47. The highest BCUT2D eigenvalue weighted by atomic mass is 19.1. The summed E-state index contributed by atoms with van der Waals surface area (Å²) >= 11 is 0. The van der Waals surface area contributed by atoms with E-state index in [1.54, 1.807) is 12.1 Å². The van der Waals surface area contributed by atoms with Crippen LogP contribution in [0.4, 0.5) is 4.39 Å². The lowest BCUT2D eigenvalue weighted by Crippen LogP contribution is -2.15. The van der Waals surface area contributed by atoms with Crippen LogP contribution in [0.25, 0.3) is 0 Å². The van der Waals surface area contributed by atoms with Crippen molar-refractivity contribution in [2.75, 3.05) is 0 Å². The predicted octanol–water partition coefficient (Wildman–Crippen LogP) is 3.85. The average molecular weight is 272 g/mol. The SMILES string of the molecule is Cc1cccc(C(Cc2cc(F)ccc2C)C(=O)O)c1. The van der Waals surface area contributed by atoms with Gasteiger partial charge in [-0.3, -0.25) is 4.79 Å². The first-order valence-corrected chi connectivity index (χ1v) is 6.52. The lowest BCUT2D eigenvalue weighted by atomic mass is 9.89. The minimum Gasteiger partial charge on any atom is -0.481 e. The topological polar surface area (TPSA) is 37.3 Å². The number of carboxylic acid groups (broad SMARTS) is 1. The van der Waals surface area contributed by atoms with Crippen LogP contribution in [0.3, 0.4) is 0 Å². The Hall–Kier alpha value is -2.16. The number of halogens is 1. The maximum absolute atomic E-state index is 13.3. The van der Waals surface area contributed by atoms with Crippen LogP contribution in [0.5, 0.6) is 0 Å². The summed E-state index contributed by atoms with van der Waals surface area (Å²) in [7, 11) is 0. The number of aryl methyl sites for hydroxylation is 2. The molecule has 0 bridgehead atoms. The summed E-state index contributed by atoms with van der Waals surface area (Å²) in [6, 6.07) is 11.9. The lowest BCUT2D eigenvalue weighted by Gasteiger charge is -2.15. The summed E-state index contributed by atoms with van der Waals surface area (Å²) in [5, 5.41) is 9.45. The third-order valence-corrected chi connectivity index (χ3v) is 3.48. The molecule has 0 aliphatic rings. The van der Waals surface area contributed by atoms with E-state index in [0.29, 0.717) is 6.42 Å². The van der Waals surface area contributed by atoms with E-state index >= 15 is 0 Å². The van der Waals surface area contributed by atoms with E-state index < -0.39 is 11.9 Å². The molecule has 104 valence electrons. The van der Waals surface area contributed by atoms with Crippen molar-refractivity contribution in [2.45, 2.75) is 26.2 Å². The molecular weight excluding hydrogens is 255 g/mol. The fraction of sp³-hybridized carbons (Fsp3) is 0.235. The van der Waals surface area contributed by atoms with E-state index in [0.717, 1.165) is 22.3 Å². The lowest BCUT2D eigenvalue weighted by molar-refractivity contribution is -0.138. The number of carbonyl (C=O) groups is 1. The Balaban J connectivity index is 2.35. The van der Waals surface area contributed by atoms with Gasteiger partial charge in [0.15, 0.2) is 0 Å². The molecule has 0 saturated heterocycles. The van der Waals surface area contributed by atoms with Crippen LogP contribution in [-0.2, 0) is 11.2 Å². The third-order valence-electron chi connectivity index (χ3n) is 3.48. The standard InChI is InChI=1S/C17H17FO2/c1-11-4-3-5-13(8-11)16(17(19)20)10-14-9-15(18)7-6-12(14)2/h3-9,16H,10H2,1-2H3,(H,19,20). The fourth-order valence-electron chi connectivity index (χ4n) is 2.31. The number of hydrogen-bond acceptors (Lipinski definition) is 1. The Morgan fingerprint density at radius 1 is 1.20 bits per heavy atom. The van der Waals surface area contributed by atoms with Crippen molar-refractivity contribution in [1.82, 2.24) is 0 Å². The largest absolute Gasteiger partial charge is 0.481 e. The molecule has 0 radical (unpaired) electrons.